The van der Waals surface area contributed by atoms with Gasteiger partial charge in [-0.05, 0) is 24.5 Å². The number of thiazole rings is 1. The highest BCUT2D eigenvalue weighted by atomic mass is 32.1. The molecule has 7 nitrogen and oxygen atoms in total. The van der Waals surface area contributed by atoms with Crippen LogP contribution < -0.4 is 10.2 Å². The Balaban J connectivity index is 1.23. The average Bonchev–Trinajstić information content (AvgIpc) is 3.05. The molecule has 2 amide bonds. The van der Waals surface area contributed by atoms with E-state index in [4.69, 9.17) is 4.74 Å². The van der Waals surface area contributed by atoms with E-state index in [2.05, 4.69) is 49.7 Å². The van der Waals surface area contributed by atoms with Gasteiger partial charge in [-0.25, -0.2) is 9.78 Å². The van der Waals surface area contributed by atoms with Crippen LogP contribution >= 0.6 is 11.3 Å². The Bertz CT molecular complexity index is 819. The molecule has 2 saturated heterocycles. The minimum atomic E-state index is 0.0181. The van der Waals surface area contributed by atoms with Crippen molar-refractivity contribution in [2.24, 2.45) is 0 Å². The molecule has 0 spiro atoms. The Morgan fingerprint density at radius 2 is 1.83 bits per heavy atom. The van der Waals surface area contributed by atoms with Gasteiger partial charge in [0.25, 0.3) is 0 Å². The van der Waals surface area contributed by atoms with Crippen molar-refractivity contribution in [3.63, 3.8) is 0 Å². The van der Waals surface area contributed by atoms with Crippen LogP contribution in [0.5, 0.6) is 0 Å². The summed E-state index contributed by atoms with van der Waals surface area (Å²) in [5, 5.41) is 6.23. The van der Waals surface area contributed by atoms with Gasteiger partial charge in [-0.2, -0.15) is 0 Å². The van der Waals surface area contributed by atoms with Crippen LogP contribution in [-0.4, -0.2) is 73.3 Å². The third-order valence-electron chi connectivity index (χ3n) is 5.64. The second-order valence-corrected chi connectivity index (χ2v) is 8.80. The number of benzene rings is 1. The number of hydrogen-bond donors (Lipinski definition) is 1. The number of anilines is 1. The maximum atomic E-state index is 12.7. The molecule has 0 unspecified atom stereocenters. The molecule has 30 heavy (non-hydrogen) atoms. The first-order valence-corrected chi connectivity index (χ1v) is 11.6. The zero-order valence-corrected chi connectivity index (χ0v) is 18.5. The van der Waals surface area contributed by atoms with E-state index in [1.165, 1.54) is 5.56 Å². The molecule has 0 saturated carbocycles. The van der Waals surface area contributed by atoms with Crippen LogP contribution in [0.25, 0.3) is 0 Å². The summed E-state index contributed by atoms with van der Waals surface area (Å²) < 4.78 is 5.41. The summed E-state index contributed by atoms with van der Waals surface area (Å²) in [6, 6.07) is 8.58. The molecule has 1 N–H and O–H groups in total. The highest BCUT2D eigenvalue weighted by Gasteiger charge is 2.20. The third kappa shape index (κ3) is 5.71. The average molecular weight is 430 g/mol. The number of morpholine rings is 1. The molecule has 2 aliphatic heterocycles. The zero-order chi connectivity index (χ0) is 20.8. The van der Waals surface area contributed by atoms with Crippen molar-refractivity contribution in [1.82, 2.24) is 20.1 Å². The zero-order valence-electron chi connectivity index (χ0n) is 17.7. The molecular formula is C22H31N5O2S. The first-order valence-electron chi connectivity index (χ1n) is 10.8. The molecule has 162 valence electrons. The van der Waals surface area contributed by atoms with Gasteiger partial charge in [0.2, 0.25) is 0 Å². The monoisotopic (exact) mass is 429 g/mol. The van der Waals surface area contributed by atoms with Gasteiger partial charge in [0.05, 0.1) is 18.9 Å². The van der Waals surface area contributed by atoms with Crippen LogP contribution in [0.1, 0.15) is 23.2 Å². The van der Waals surface area contributed by atoms with Crippen molar-refractivity contribution < 1.29 is 9.53 Å². The molecular weight excluding hydrogens is 398 g/mol. The Morgan fingerprint density at radius 1 is 1.07 bits per heavy atom. The summed E-state index contributed by atoms with van der Waals surface area (Å²) in [5.41, 5.74) is 3.49. The standard InChI is InChI=1S/C22H31N5O2S/c1-18-17-30-22(24-18)27-8-2-7-26(9-10-27)21(28)23-15-19-3-5-20(6-4-19)16-25-11-13-29-14-12-25/h3-6,17H,2,7-16H2,1H3,(H,23,28). The summed E-state index contributed by atoms with van der Waals surface area (Å²) in [7, 11) is 0. The molecule has 1 aromatic heterocycles. The van der Waals surface area contributed by atoms with Gasteiger partial charge < -0.3 is 19.9 Å². The van der Waals surface area contributed by atoms with E-state index in [0.717, 1.165) is 81.8 Å². The summed E-state index contributed by atoms with van der Waals surface area (Å²) in [4.78, 5) is 23.9. The molecule has 8 heteroatoms. The predicted molar refractivity (Wildman–Crippen MR) is 120 cm³/mol. The second kappa shape index (κ2) is 10.2. The maximum absolute atomic E-state index is 12.7. The maximum Gasteiger partial charge on any atom is 0.317 e. The molecule has 4 rings (SSSR count). The number of aryl methyl sites for hydroxylation is 1. The molecule has 2 fully saturated rings. The van der Waals surface area contributed by atoms with E-state index < -0.39 is 0 Å². The van der Waals surface area contributed by atoms with Crippen LogP contribution in [-0.2, 0) is 17.8 Å². The molecule has 2 aliphatic rings. The van der Waals surface area contributed by atoms with Gasteiger partial charge >= 0.3 is 6.03 Å². The van der Waals surface area contributed by atoms with Gasteiger partial charge in [-0.1, -0.05) is 24.3 Å². The van der Waals surface area contributed by atoms with Crippen molar-refractivity contribution in [1.29, 1.82) is 0 Å². The summed E-state index contributed by atoms with van der Waals surface area (Å²) in [6.07, 6.45) is 0.961. The van der Waals surface area contributed by atoms with E-state index in [0.29, 0.717) is 6.54 Å². The predicted octanol–water partition coefficient (Wildman–Crippen LogP) is 2.71. The lowest BCUT2D eigenvalue weighted by atomic mass is 10.1. The van der Waals surface area contributed by atoms with E-state index in [9.17, 15) is 4.79 Å². The molecule has 3 heterocycles. The molecule has 0 aliphatic carbocycles. The number of urea groups is 1. The minimum Gasteiger partial charge on any atom is -0.379 e. The number of rotatable bonds is 5. The summed E-state index contributed by atoms with van der Waals surface area (Å²) in [6.45, 7) is 10.4. The largest absolute Gasteiger partial charge is 0.379 e. The van der Waals surface area contributed by atoms with Crippen LogP contribution in [0.4, 0.5) is 9.93 Å². The Kier molecular flexibility index (Phi) is 7.20. The lowest BCUT2D eigenvalue weighted by Crippen LogP contribution is -2.41. The number of nitrogens with zero attached hydrogens (tertiary/aromatic N) is 4. The van der Waals surface area contributed by atoms with E-state index >= 15 is 0 Å². The fraction of sp³-hybridized carbons (Fsp3) is 0.545. The Hall–Kier alpha value is -2.16. The van der Waals surface area contributed by atoms with Crippen molar-refractivity contribution in [2.75, 3.05) is 57.4 Å². The summed E-state index contributed by atoms with van der Waals surface area (Å²) in [5.74, 6) is 0. The molecule has 0 atom stereocenters. The first-order chi connectivity index (χ1) is 14.7. The number of hydrogen-bond acceptors (Lipinski definition) is 6. The van der Waals surface area contributed by atoms with E-state index in [-0.39, 0.29) is 6.03 Å². The van der Waals surface area contributed by atoms with E-state index in [1.807, 2.05) is 11.8 Å². The number of nitrogens with one attached hydrogen (secondary N) is 1. The van der Waals surface area contributed by atoms with Crippen LogP contribution in [0, 0.1) is 6.92 Å². The summed E-state index contributed by atoms with van der Waals surface area (Å²) >= 11 is 1.68. The second-order valence-electron chi connectivity index (χ2n) is 7.96. The first kappa shape index (κ1) is 21.1. The minimum absolute atomic E-state index is 0.0181. The SMILES string of the molecule is Cc1csc(N2CCCN(C(=O)NCc3ccc(CN4CCOCC4)cc3)CC2)n1. The number of carbonyl (C=O) groups excluding carboxylic acids is 1. The van der Waals surface area contributed by atoms with Crippen LogP contribution in [0.3, 0.4) is 0 Å². The topological polar surface area (TPSA) is 60.9 Å². The molecule has 0 radical (unpaired) electrons. The van der Waals surface area contributed by atoms with Crippen molar-refractivity contribution >= 4 is 22.5 Å². The fourth-order valence-corrected chi connectivity index (χ4v) is 4.73. The molecule has 1 aromatic carbocycles. The van der Waals surface area contributed by atoms with Gasteiger partial charge in [-0.15, -0.1) is 11.3 Å². The normalized spacial score (nSPS) is 18.3. The highest BCUT2D eigenvalue weighted by molar-refractivity contribution is 7.13. The Labute approximate surface area is 182 Å². The van der Waals surface area contributed by atoms with Crippen LogP contribution in [0.15, 0.2) is 29.6 Å². The van der Waals surface area contributed by atoms with Gasteiger partial charge in [-0.3, -0.25) is 4.90 Å². The van der Waals surface area contributed by atoms with Crippen molar-refractivity contribution in [3.05, 3.63) is 46.5 Å². The number of aromatic nitrogens is 1. The molecule has 2 aromatic rings. The number of ether oxygens (including phenoxy) is 1. The highest BCUT2D eigenvalue weighted by Crippen LogP contribution is 2.21. The number of carbonyl (C=O) groups is 1. The van der Waals surface area contributed by atoms with Gasteiger partial charge in [0.15, 0.2) is 5.13 Å². The quantitative estimate of drug-likeness (QED) is 0.792. The van der Waals surface area contributed by atoms with E-state index in [1.54, 1.807) is 11.3 Å². The third-order valence-corrected chi connectivity index (χ3v) is 6.66. The fourth-order valence-electron chi connectivity index (χ4n) is 3.87. The Morgan fingerprint density at radius 3 is 2.57 bits per heavy atom. The van der Waals surface area contributed by atoms with Gasteiger partial charge in [0, 0.05) is 57.7 Å². The van der Waals surface area contributed by atoms with Gasteiger partial charge in [0.1, 0.15) is 0 Å². The smallest absolute Gasteiger partial charge is 0.317 e. The molecule has 0 bridgehead atoms. The van der Waals surface area contributed by atoms with Crippen LogP contribution in [0.2, 0.25) is 0 Å². The lowest BCUT2D eigenvalue weighted by Gasteiger charge is -2.26. The van der Waals surface area contributed by atoms with Crippen molar-refractivity contribution in [3.8, 4) is 0 Å². The lowest BCUT2D eigenvalue weighted by molar-refractivity contribution is 0.0342. The number of amides is 2. The van der Waals surface area contributed by atoms with Crippen molar-refractivity contribution in [2.45, 2.75) is 26.4 Å².